The predicted octanol–water partition coefficient (Wildman–Crippen LogP) is 2.29. The molecule has 0 N–H and O–H groups in total. The second kappa shape index (κ2) is 6.40. The van der Waals surface area contributed by atoms with Crippen molar-refractivity contribution in [1.29, 1.82) is 0 Å². The molecular formula is C10H14O2. The lowest BCUT2D eigenvalue weighted by atomic mass is 10.3. The Labute approximate surface area is 73.2 Å². The first-order valence-corrected chi connectivity index (χ1v) is 3.73. The lowest BCUT2D eigenvalue weighted by Gasteiger charge is -1.93. The van der Waals surface area contributed by atoms with Gasteiger partial charge < -0.3 is 9.53 Å². The van der Waals surface area contributed by atoms with Gasteiger partial charge in [-0.2, -0.15) is 0 Å². The summed E-state index contributed by atoms with van der Waals surface area (Å²) in [5, 5.41) is 0. The smallest absolute Gasteiger partial charge is 0.126 e. The molecule has 0 aromatic heterocycles. The van der Waals surface area contributed by atoms with E-state index in [1.807, 2.05) is 30.3 Å². The molecule has 66 valence electrons. The van der Waals surface area contributed by atoms with Gasteiger partial charge in [0.15, 0.2) is 0 Å². The first-order chi connectivity index (χ1) is 5.66. The van der Waals surface area contributed by atoms with E-state index in [1.165, 1.54) is 13.8 Å². The van der Waals surface area contributed by atoms with Gasteiger partial charge in [0.1, 0.15) is 11.5 Å². The standard InChI is InChI=1S/C7H8O.C3H6O/c1-8-7-5-3-2-4-6-7;1-3(2)4/h2-6H,1H3;1-2H3. The highest BCUT2D eigenvalue weighted by molar-refractivity contribution is 5.72. The predicted molar refractivity (Wildman–Crippen MR) is 49.3 cm³/mol. The van der Waals surface area contributed by atoms with Crippen LogP contribution in [-0.4, -0.2) is 12.9 Å². The third-order valence-corrected chi connectivity index (χ3v) is 0.979. The van der Waals surface area contributed by atoms with Crippen LogP contribution in [-0.2, 0) is 4.79 Å². The molecule has 12 heavy (non-hydrogen) atoms. The second-order valence-corrected chi connectivity index (χ2v) is 2.43. The molecule has 0 bridgehead atoms. The number of ether oxygens (including phenoxy) is 1. The Balaban J connectivity index is 0.000000261. The van der Waals surface area contributed by atoms with Crippen molar-refractivity contribution in [3.8, 4) is 5.75 Å². The Morgan fingerprint density at radius 3 is 1.83 bits per heavy atom. The summed E-state index contributed by atoms with van der Waals surface area (Å²) in [5.41, 5.74) is 0. The average Bonchev–Trinajstić information content (AvgIpc) is 2.05. The fourth-order valence-electron chi connectivity index (χ4n) is 0.557. The first kappa shape index (κ1) is 10.7. The molecule has 1 rings (SSSR count). The molecule has 0 heterocycles. The Morgan fingerprint density at radius 2 is 1.58 bits per heavy atom. The van der Waals surface area contributed by atoms with E-state index < -0.39 is 0 Å². The van der Waals surface area contributed by atoms with E-state index in [0.29, 0.717) is 0 Å². The van der Waals surface area contributed by atoms with E-state index >= 15 is 0 Å². The lowest BCUT2D eigenvalue weighted by Crippen LogP contribution is -1.78. The van der Waals surface area contributed by atoms with E-state index in [9.17, 15) is 4.79 Å². The summed E-state index contributed by atoms with van der Waals surface area (Å²) in [6, 6.07) is 9.68. The molecule has 2 nitrogen and oxygen atoms in total. The van der Waals surface area contributed by atoms with Gasteiger partial charge in [0.25, 0.3) is 0 Å². The number of hydrogen-bond donors (Lipinski definition) is 0. The highest BCUT2D eigenvalue weighted by Crippen LogP contribution is 2.05. The van der Waals surface area contributed by atoms with E-state index in [2.05, 4.69) is 0 Å². The maximum atomic E-state index is 9.44. The van der Waals surface area contributed by atoms with E-state index in [0.717, 1.165) is 5.75 Å². The van der Waals surface area contributed by atoms with Crippen LogP contribution in [0.3, 0.4) is 0 Å². The molecule has 1 aromatic rings. The van der Waals surface area contributed by atoms with E-state index in [1.54, 1.807) is 7.11 Å². The number of ketones is 1. The van der Waals surface area contributed by atoms with Crippen molar-refractivity contribution in [3.05, 3.63) is 30.3 Å². The van der Waals surface area contributed by atoms with Crippen molar-refractivity contribution in [2.75, 3.05) is 7.11 Å². The molecule has 0 aliphatic rings. The van der Waals surface area contributed by atoms with Crippen molar-refractivity contribution >= 4 is 5.78 Å². The van der Waals surface area contributed by atoms with Crippen LogP contribution >= 0.6 is 0 Å². The summed E-state index contributed by atoms with van der Waals surface area (Å²) in [7, 11) is 1.66. The largest absolute Gasteiger partial charge is 0.497 e. The number of para-hydroxylation sites is 1. The number of benzene rings is 1. The number of carbonyl (C=O) groups excluding carboxylic acids is 1. The van der Waals surface area contributed by atoms with Gasteiger partial charge >= 0.3 is 0 Å². The van der Waals surface area contributed by atoms with Gasteiger partial charge in [0.2, 0.25) is 0 Å². The fourth-order valence-corrected chi connectivity index (χ4v) is 0.557. The van der Waals surface area contributed by atoms with Crippen LogP contribution in [0, 0.1) is 0 Å². The summed E-state index contributed by atoms with van der Waals surface area (Å²) >= 11 is 0. The van der Waals surface area contributed by atoms with Crippen molar-refractivity contribution in [3.63, 3.8) is 0 Å². The molecule has 0 fully saturated rings. The highest BCUT2D eigenvalue weighted by Gasteiger charge is 1.80. The van der Waals surface area contributed by atoms with Gasteiger partial charge in [-0.25, -0.2) is 0 Å². The van der Waals surface area contributed by atoms with Gasteiger partial charge in [-0.1, -0.05) is 18.2 Å². The van der Waals surface area contributed by atoms with Crippen LogP contribution in [0.1, 0.15) is 13.8 Å². The number of carbonyl (C=O) groups is 1. The van der Waals surface area contributed by atoms with Crippen molar-refractivity contribution in [2.45, 2.75) is 13.8 Å². The molecule has 0 aliphatic carbocycles. The van der Waals surface area contributed by atoms with E-state index in [4.69, 9.17) is 4.74 Å². The average molecular weight is 166 g/mol. The lowest BCUT2D eigenvalue weighted by molar-refractivity contribution is -0.114. The molecule has 0 saturated carbocycles. The Hall–Kier alpha value is -1.31. The Kier molecular flexibility index (Phi) is 5.70. The highest BCUT2D eigenvalue weighted by atomic mass is 16.5. The molecule has 0 atom stereocenters. The number of hydrogen-bond acceptors (Lipinski definition) is 2. The number of rotatable bonds is 1. The molecule has 0 saturated heterocycles. The molecule has 0 amide bonds. The summed E-state index contributed by atoms with van der Waals surface area (Å²) in [6.07, 6.45) is 0. The minimum atomic E-state index is 0.167. The van der Waals surface area contributed by atoms with Crippen molar-refractivity contribution in [1.82, 2.24) is 0 Å². The molecule has 0 unspecified atom stereocenters. The van der Waals surface area contributed by atoms with Gasteiger partial charge in [-0.05, 0) is 26.0 Å². The maximum Gasteiger partial charge on any atom is 0.126 e. The molecule has 2 heteroatoms. The van der Waals surface area contributed by atoms with Crippen LogP contribution in [0.15, 0.2) is 30.3 Å². The normalized spacial score (nSPS) is 7.92. The van der Waals surface area contributed by atoms with E-state index in [-0.39, 0.29) is 5.78 Å². The number of Topliss-reactive ketones (excluding diaryl/α,β-unsaturated/α-hetero) is 1. The fraction of sp³-hybridized carbons (Fsp3) is 0.300. The van der Waals surface area contributed by atoms with Crippen LogP contribution < -0.4 is 4.74 Å². The van der Waals surface area contributed by atoms with Gasteiger partial charge in [-0.15, -0.1) is 0 Å². The Bertz CT molecular complexity index is 213. The zero-order valence-electron chi connectivity index (χ0n) is 7.70. The zero-order chi connectivity index (χ0) is 9.40. The quantitative estimate of drug-likeness (QED) is 0.639. The topological polar surface area (TPSA) is 26.3 Å². The summed E-state index contributed by atoms with van der Waals surface area (Å²) in [5.74, 6) is 1.08. The monoisotopic (exact) mass is 166 g/mol. The van der Waals surface area contributed by atoms with Gasteiger partial charge in [-0.3, -0.25) is 0 Å². The molecular weight excluding hydrogens is 152 g/mol. The van der Waals surface area contributed by atoms with Crippen LogP contribution in [0.25, 0.3) is 0 Å². The maximum absolute atomic E-state index is 9.44. The van der Waals surface area contributed by atoms with Crippen LogP contribution in [0.5, 0.6) is 5.75 Å². The third kappa shape index (κ3) is 6.81. The first-order valence-electron chi connectivity index (χ1n) is 3.73. The molecule has 0 aliphatic heterocycles. The summed E-state index contributed by atoms with van der Waals surface area (Å²) in [6.45, 7) is 3.06. The molecule has 1 aromatic carbocycles. The van der Waals surface area contributed by atoms with Crippen LogP contribution in [0.2, 0.25) is 0 Å². The Morgan fingerprint density at radius 1 is 1.17 bits per heavy atom. The minimum absolute atomic E-state index is 0.167. The summed E-state index contributed by atoms with van der Waals surface area (Å²) < 4.78 is 4.91. The van der Waals surface area contributed by atoms with Crippen molar-refractivity contribution in [2.24, 2.45) is 0 Å². The van der Waals surface area contributed by atoms with Crippen LogP contribution in [0.4, 0.5) is 0 Å². The third-order valence-electron chi connectivity index (χ3n) is 0.979. The SMILES string of the molecule is CC(C)=O.COc1ccccc1. The zero-order valence-corrected chi connectivity index (χ0v) is 7.70. The summed E-state index contributed by atoms with van der Waals surface area (Å²) in [4.78, 5) is 9.44. The number of methoxy groups -OCH3 is 1. The molecule has 0 radical (unpaired) electrons. The molecule has 0 spiro atoms. The second-order valence-electron chi connectivity index (χ2n) is 2.43. The van der Waals surface area contributed by atoms with Crippen molar-refractivity contribution < 1.29 is 9.53 Å². The van der Waals surface area contributed by atoms with Gasteiger partial charge in [0.05, 0.1) is 7.11 Å². The van der Waals surface area contributed by atoms with Gasteiger partial charge in [0, 0.05) is 0 Å². The minimum Gasteiger partial charge on any atom is -0.497 e.